The van der Waals surface area contributed by atoms with Crippen molar-refractivity contribution >= 4 is 40.3 Å². The Labute approximate surface area is 308 Å². The predicted octanol–water partition coefficient (Wildman–Crippen LogP) is 9.96. The molecule has 1 aliphatic heterocycles. The van der Waals surface area contributed by atoms with Gasteiger partial charge in [0.15, 0.2) is 11.6 Å². The van der Waals surface area contributed by atoms with Gasteiger partial charge in [0.05, 0.1) is 16.7 Å². The van der Waals surface area contributed by atoms with Gasteiger partial charge in [0.25, 0.3) is 0 Å². The molecule has 252 valence electrons. The first-order valence-electron chi connectivity index (χ1n) is 17.8. The van der Waals surface area contributed by atoms with Crippen LogP contribution in [-0.4, -0.2) is 32.6 Å². The van der Waals surface area contributed by atoms with E-state index in [1.165, 1.54) is 43.3 Å². The van der Waals surface area contributed by atoms with Crippen LogP contribution in [0, 0.1) is 0 Å². The molecule has 0 saturated carbocycles. The van der Waals surface area contributed by atoms with Crippen LogP contribution in [0.4, 0.5) is 0 Å². The monoisotopic (exact) mass is 699 g/mol. The fourth-order valence-electron chi connectivity index (χ4n) is 7.96. The third-order valence-corrected chi connectivity index (χ3v) is 13.9. The standard InChI is InChI=1S/C46H33N5OSi/c1-53(2)41-25-24-33(51-39-22-11-9-20-35(39)36-21-10-12-23-40(36)51)29-38(41)37-26-27-47-42(43(37)53)31-16-13-17-32(28-31)45-48-44(30-14-5-3-6-15-30)49-46(50-45)52-34-18-7-4-8-19-34/h3-29H,1-2H3. The Balaban J connectivity index is 1.09. The zero-order valence-electron chi connectivity index (χ0n) is 29.2. The molecule has 4 heterocycles. The van der Waals surface area contributed by atoms with E-state index in [9.17, 15) is 0 Å². The number of pyridine rings is 1. The summed E-state index contributed by atoms with van der Waals surface area (Å²) in [4.78, 5) is 19.5. The van der Waals surface area contributed by atoms with Crippen molar-refractivity contribution in [1.29, 1.82) is 0 Å². The molecule has 0 fully saturated rings. The summed E-state index contributed by atoms with van der Waals surface area (Å²) >= 11 is 0. The zero-order valence-corrected chi connectivity index (χ0v) is 30.2. The summed E-state index contributed by atoms with van der Waals surface area (Å²) in [7, 11) is -2.16. The largest absolute Gasteiger partial charge is 0.424 e. The van der Waals surface area contributed by atoms with E-state index in [1.807, 2.05) is 72.9 Å². The zero-order chi connectivity index (χ0) is 35.5. The minimum Gasteiger partial charge on any atom is -0.424 e. The molecule has 0 amide bonds. The maximum absolute atomic E-state index is 6.15. The van der Waals surface area contributed by atoms with Crippen LogP contribution >= 0.6 is 0 Å². The molecule has 0 aliphatic carbocycles. The molecule has 0 saturated heterocycles. The van der Waals surface area contributed by atoms with E-state index < -0.39 is 8.07 Å². The van der Waals surface area contributed by atoms with E-state index in [2.05, 4.69) is 109 Å². The van der Waals surface area contributed by atoms with Gasteiger partial charge in [-0.1, -0.05) is 122 Å². The number of aromatic nitrogens is 5. The molecular weight excluding hydrogens is 667 g/mol. The van der Waals surface area contributed by atoms with Crippen molar-refractivity contribution in [3.05, 3.63) is 164 Å². The summed E-state index contributed by atoms with van der Waals surface area (Å²) in [5, 5.41) is 5.30. The lowest BCUT2D eigenvalue weighted by Gasteiger charge is -2.21. The molecule has 0 unspecified atom stereocenters. The summed E-state index contributed by atoms with van der Waals surface area (Å²) in [6.07, 6.45) is 1.95. The highest BCUT2D eigenvalue weighted by molar-refractivity contribution is 7.04. The number of rotatable bonds is 6. The van der Waals surface area contributed by atoms with Crippen LogP contribution in [-0.2, 0) is 0 Å². The molecule has 9 aromatic rings. The second-order valence-electron chi connectivity index (χ2n) is 13.9. The average Bonchev–Trinajstić information content (AvgIpc) is 3.67. The van der Waals surface area contributed by atoms with E-state index in [0.29, 0.717) is 17.4 Å². The normalized spacial score (nSPS) is 12.9. The molecular formula is C46H33N5OSi. The minimum atomic E-state index is -2.16. The summed E-state index contributed by atoms with van der Waals surface area (Å²) in [6, 6.07) is 54.8. The first-order chi connectivity index (χ1) is 26.0. The molecule has 7 heteroatoms. The van der Waals surface area contributed by atoms with Crippen molar-refractivity contribution in [3.8, 4) is 62.6 Å². The van der Waals surface area contributed by atoms with Gasteiger partial charge in [0.2, 0.25) is 0 Å². The van der Waals surface area contributed by atoms with Crippen molar-refractivity contribution in [2.24, 2.45) is 0 Å². The molecule has 10 rings (SSSR count). The lowest BCUT2D eigenvalue weighted by atomic mass is 10.0. The van der Waals surface area contributed by atoms with Gasteiger partial charge in [-0.3, -0.25) is 4.98 Å². The van der Waals surface area contributed by atoms with E-state index in [-0.39, 0.29) is 6.01 Å². The molecule has 6 nitrogen and oxygen atoms in total. The Morgan fingerprint density at radius 1 is 0.528 bits per heavy atom. The van der Waals surface area contributed by atoms with E-state index in [0.717, 1.165) is 28.1 Å². The Hall–Kier alpha value is -6.70. The van der Waals surface area contributed by atoms with Crippen LogP contribution in [0.2, 0.25) is 13.1 Å². The third kappa shape index (κ3) is 5.16. The molecule has 3 aromatic heterocycles. The highest BCUT2D eigenvalue weighted by Gasteiger charge is 2.40. The molecule has 53 heavy (non-hydrogen) atoms. The summed E-state index contributed by atoms with van der Waals surface area (Å²) < 4.78 is 8.55. The van der Waals surface area contributed by atoms with Crippen molar-refractivity contribution in [1.82, 2.24) is 24.5 Å². The highest BCUT2D eigenvalue weighted by atomic mass is 28.3. The second-order valence-corrected chi connectivity index (χ2v) is 18.2. The lowest BCUT2D eigenvalue weighted by Crippen LogP contribution is -2.50. The van der Waals surface area contributed by atoms with Gasteiger partial charge in [0.1, 0.15) is 13.8 Å². The Bertz CT molecular complexity index is 2800. The summed E-state index contributed by atoms with van der Waals surface area (Å²) in [5.41, 5.74) is 9.93. The number of nitrogens with zero attached hydrogens (tertiary/aromatic N) is 5. The summed E-state index contributed by atoms with van der Waals surface area (Å²) in [6.45, 7) is 4.89. The number of ether oxygens (including phenoxy) is 1. The second kappa shape index (κ2) is 12.2. The van der Waals surface area contributed by atoms with E-state index in [1.54, 1.807) is 0 Å². The van der Waals surface area contributed by atoms with Crippen molar-refractivity contribution in [3.63, 3.8) is 0 Å². The van der Waals surface area contributed by atoms with E-state index in [4.69, 9.17) is 24.7 Å². The molecule has 0 bridgehead atoms. The molecule has 1 aliphatic rings. The van der Waals surface area contributed by atoms with Crippen LogP contribution in [0.5, 0.6) is 11.8 Å². The Morgan fingerprint density at radius 2 is 1.15 bits per heavy atom. The number of hydrogen-bond donors (Lipinski definition) is 0. The van der Waals surface area contributed by atoms with Gasteiger partial charge in [0, 0.05) is 39.3 Å². The van der Waals surface area contributed by atoms with Gasteiger partial charge >= 0.3 is 6.01 Å². The number of para-hydroxylation sites is 3. The summed E-state index contributed by atoms with van der Waals surface area (Å²) in [5.74, 6) is 1.75. The van der Waals surface area contributed by atoms with Crippen LogP contribution in [0.25, 0.3) is 72.7 Å². The minimum absolute atomic E-state index is 0.243. The van der Waals surface area contributed by atoms with Gasteiger partial charge in [-0.15, -0.1) is 0 Å². The number of benzene rings is 6. The molecule has 0 radical (unpaired) electrons. The first-order valence-corrected chi connectivity index (χ1v) is 20.8. The van der Waals surface area contributed by atoms with Crippen LogP contribution in [0.3, 0.4) is 0 Å². The van der Waals surface area contributed by atoms with Gasteiger partial charge in [-0.05, 0) is 70.0 Å². The molecule has 0 atom stereocenters. The van der Waals surface area contributed by atoms with Crippen molar-refractivity contribution < 1.29 is 4.74 Å². The smallest absolute Gasteiger partial charge is 0.326 e. The van der Waals surface area contributed by atoms with E-state index >= 15 is 0 Å². The number of hydrogen-bond acceptors (Lipinski definition) is 5. The SMILES string of the molecule is C[Si]1(C)c2ccc(-n3c4ccccc4c4ccccc43)cc2-c2ccnc(-c3cccc(-c4nc(Oc5ccccc5)nc(-c5ccccc5)n4)c3)c21. The fourth-order valence-corrected chi connectivity index (χ4v) is 11.3. The van der Waals surface area contributed by atoms with Crippen LogP contribution in [0.1, 0.15) is 0 Å². The van der Waals surface area contributed by atoms with Gasteiger partial charge < -0.3 is 9.30 Å². The first kappa shape index (κ1) is 31.1. The number of fused-ring (bicyclic) bond motifs is 6. The lowest BCUT2D eigenvalue weighted by molar-refractivity contribution is 0.441. The van der Waals surface area contributed by atoms with Crippen LogP contribution < -0.4 is 15.1 Å². The topological polar surface area (TPSA) is 65.7 Å². The highest BCUT2D eigenvalue weighted by Crippen LogP contribution is 2.37. The molecule has 0 N–H and O–H groups in total. The van der Waals surface area contributed by atoms with Crippen LogP contribution in [0.15, 0.2) is 164 Å². The fraction of sp³-hybridized carbons (Fsp3) is 0.0435. The van der Waals surface area contributed by atoms with Gasteiger partial charge in [-0.25, -0.2) is 4.98 Å². The molecule has 0 spiro atoms. The molecule has 6 aromatic carbocycles. The Kier molecular flexibility index (Phi) is 7.16. The maximum atomic E-state index is 6.15. The van der Waals surface area contributed by atoms with Crippen molar-refractivity contribution in [2.45, 2.75) is 13.1 Å². The van der Waals surface area contributed by atoms with Crippen molar-refractivity contribution in [2.75, 3.05) is 0 Å². The quantitative estimate of drug-likeness (QED) is 0.162. The third-order valence-electron chi connectivity index (χ3n) is 10.4. The van der Waals surface area contributed by atoms with Gasteiger partial charge in [-0.2, -0.15) is 9.97 Å². The Morgan fingerprint density at radius 3 is 1.89 bits per heavy atom. The maximum Gasteiger partial charge on any atom is 0.326 e. The average molecular weight is 700 g/mol. The predicted molar refractivity (Wildman–Crippen MR) is 217 cm³/mol.